The van der Waals surface area contributed by atoms with Crippen LogP contribution in [0.3, 0.4) is 0 Å². The van der Waals surface area contributed by atoms with E-state index >= 15 is 0 Å². The number of halogens is 3. The highest BCUT2D eigenvalue weighted by molar-refractivity contribution is 9.10. The van der Waals surface area contributed by atoms with Crippen molar-refractivity contribution in [3.8, 4) is 0 Å². The molecule has 0 atom stereocenters. The summed E-state index contributed by atoms with van der Waals surface area (Å²) >= 11 is 3.21. The average molecular weight is 295 g/mol. The first-order chi connectivity index (χ1) is 8.09. The smallest absolute Gasteiger partial charge is 0.159 e. The Kier molecular flexibility index (Phi) is 3.38. The summed E-state index contributed by atoms with van der Waals surface area (Å²) in [6.45, 7) is 3.91. The van der Waals surface area contributed by atoms with Crippen molar-refractivity contribution in [3.05, 3.63) is 76.3 Å². The molecule has 0 aliphatic carbocycles. The zero-order valence-electron chi connectivity index (χ0n) is 8.88. The fraction of sp³-hybridized carbons (Fsp3) is 0. The highest BCUT2D eigenvalue weighted by atomic mass is 79.9. The van der Waals surface area contributed by atoms with E-state index in [9.17, 15) is 8.78 Å². The molecule has 17 heavy (non-hydrogen) atoms. The molecule has 0 unspecified atom stereocenters. The molecule has 2 aromatic carbocycles. The van der Waals surface area contributed by atoms with Crippen LogP contribution in [0.2, 0.25) is 0 Å². The summed E-state index contributed by atoms with van der Waals surface area (Å²) in [6.07, 6.45) is 0. The van der Waals surface area contributed by atoms with E-state index in [1.54, 1.807) is 0 Å². The van der Waals surface area contributed by atoms with Gasteiger partial charge in [0.1, 0.15) is 0 Å². The molecule has 2 aromatic rings. The molecule has 0 radical (unpaired) electrons. The number of benzene rings is 2. The summed E-state index contributed by atoms with van der Waals surface area (Å²) in [7, 11) is 0. The van der Waals surface area contributed by atoms with Crippen molar-refractivity contribution in [2.24, 2.45) is 0 Å². The first-order valence-corrected chi connectivity index (χ1v) is 5.78. The molecule has 0 amide bonds. The Bertz CT molecular complexity index is 562. The predicted octanol–water partition coefficient (Wildman–Crippen LogP) is 4.79. The normalized spacial score (nSPS) is 10.3. The number of hydrogen-bond acceptors (Lipinski definition) is 0. The second kappa shape index (κ2) is 4.80. The molecule has 0 heterocycles. The minimum absolute atomic E-state index is 0.491. The van der Waals surface area contributed by atoms with Crippen molar-refractivity contribution in [2.75, 3.05) is 0 Å². The van der Waals surface area contributed by atoms with E-state index in [-0.39, 0.29) is 0 Å². The van der Waals surface area contributed by atoms with Crippen LogP contribution in [0.4, 0.5) is 8.78 Å². The SMILES string of the molecule is C=C(c1ccccc1)c1cc(F)c(F)cc1Br. The van der Waals surface area contributed by atoms with Gasteiger partial charge in [0.15, 0.2) is 11.6 Å². The molecule has 0 nitrogen and oxygen atoms in total. The molecule has 3 heteroatoms. The molecule has 0 saturated carbocycles. The highest BCUT2D eigenvalue weighted by Crippen LogP contribution is 2.29. The molecule has 86 valence electrons. The molecular weight excluding hydrogens is 286 g/mol. The van der Waals surface area contributed by atoms with Gasteiger partial charge < -0.3 is 0 Å². The van der Waals surface area contributed by atoms with Crippen molar-refractivity contribution in [1.29, 1.82) is 0 Å². The third kappa shape index (κ3) is 2.44. The van der Waals surface area contributed by atoms with E-state index in [0.717, 1.165) is 17.7 Å². The Morgan fingerprint density at radius 3 is 2.24 bits per heavy atom. The molecule has 0 aliphatic heterocycles. The van der Waals surface area contributed by atoms with Crippen molar-refractivity contribution >= 4 is 21.5 Å². The minimum Gasteiger partial charge on any atom is -0.204 e. The van der Waals surface area contributed by atoms with E-state index in [4.69, 9.17) is 0 Å². The molecule has 0 fully saturated rings. The van der Waals surface area contributed by atoms with Crippen LogP contribution >= 0.6 is 15.9 Å². The van der Waals surface area contributed by atoms with Gasteiger partial charge in [0.25, 0.3) is 0 Å². The third-order valence-electron chi connectivity index (χ3n) is 2.46. The quantitative estimate of drug-likeness (QED) is 0.699. The first kappa shape index (κ1) is 12.0. The van der Waals surface area contributed by atoms with E-state index in [1.807, 2.05) is 30.3 Å². The Balaban J connectivity index is 2.48. The molecular formula is C14H9BrF2. The van der Waals surface area contributed by atoms with Gasteiger partial charge in [-0.3, -0.25) is 0 Å². The van der Waals surface area contributed by atoms with E-state index < -0.39 is 11.6 Å². The van der Waals surface area contributed by atoms with Crippen LogP contribution in [0, 0.1) is 11.6 Å². The van der Waals surface area contributed by atoms with Gasteiger partial charge in [-0.15, -0.1) is 0 Å². The van der Waals surface area contributed by atoms with Gasteiger partial charge >= 0.3 is 0 Å². The molecule has 0 N–H and O–H groups in total. The van der Waals surface area contributed by atoms with Gasteiger partial charge in [-0.05, 0) is 28.8 Å². The van der Waals surface area contributed by atoms with Crippen LogP contribution < -0.4 is 0 Å². The van der Waals surface area contributed by atoms with Crippen molar-refractivity contribution in [1.82, 2.24) is 0 Å². The van der Waals surface area contributed by atoms with Crippen LogP contribution in [0.5, 0.6) is 0 Å². The molecule has 0 aliphatic rings. The summed E-state index contributed by atoms with van der Waals surface area (Å²) in [6, 6.07) is 11.6. The zero-order chi connectivity index (χ0) is 12.4. The highest BCUT2D eigenvalue weighted by Gasteiger charge is 2.11. The van der Waals surface area contributed by atoms with Crippen LogP contribution in [0.25, 0.3) is 5.57 Å². The summed E-state index contributed by atoms with van der Waals surface area (Å²) in [5.74, 6) is -1.75. The molecule has 2 rings (SSSR count). The maximum atomic E-state index is 13.2. The lowest BCUT2D eigenvalue weighted by molar-refractivity contribution is 0.507. The standard InChI is InChI=1S/C14H9BrF2/c1-9(10-5-3-2-4-6-10)11-7-13(16)14(17)8-12(11)15/h2-8H,1H2. The lowest BCUT2D eigenvalue weighted by atomic mass is 9.99. The minimum atomic E-state index is -0.875. The second-order valence-corrected chi connectivity index (χ2v) is 4.45. The van der Waals surface area contributed by atoms with Gasteiger partial charge in [0.05, 0.1) is 0 Å². The first-order valence-electron chi connectivity index (χ1n) is 4.99. The van der Waals surface area contributed by atoms with Crippen molar-refractivity contribution in [3.63, 3.8) is 0 Å². The van der Waals surface area contributed by atoms with Crippen molar-refractivity contribution in [2.45, 2.75) is 0 Å². The van der Waals surface area contributed by atoms with Crippen LogP contribution in [0.15, 0.2) is 53.5 Å². The van der Waals surface area contributed by atoms with Gasteiger partial charge in [0.2, 0.25) is 0 Å². The molecule has 0 bridgehead atoms. The fourth-order valence-electron chi connectivity index (χ4n) is 1.55. The van der Waals surface area contributed by atoms with Gasteiger partial charge in [0, 0.05) is 4.47 Å². The van der Waals surface area contributed by atoms with E-state index in [2.05, 4.69) is 22.5 Å². The maximum Gasteiger partial charge on any atom is 0.159 e. The Labute approximate surface area is 107 Å². The lowest BCUT2D eigenvalue weighted by Crippen LogP contribution is -1.92. The Morgan fingerprint density at radius 1 is 1.00 bits per heavy atom. The number of hydrogen-bond donors (Lipinski definition) is 0. The summed E-state index contributed by atoms with van der Waals surface area (Å²) < 4.78 is 26.7. The maximum absolute atomic E-state index is 13.2. The van der Waals surface area contributed by atoms with Crippen molar-refractivity contribution < 1.29 is 8.78 Å². The number of rotatable bonds is 2. The van der Waals surface area contributed by atoms with Crippen LogP contribution in [0.1, 0.15) is 11.1 Å². The van der Waals surface area contributed by atoms with Crippen LogP contribution in [-0.4, -0.2) is 0 Å². The summed E-state index contributed by atoms with van der Waals surface area (Å²) in [4.78, 5) is 0. The van der Waals surface area contributed by atoms with Gasteiger partial charge in [-0.2, -0.15) is 0 Å². The third-order valence-corrected chi connectivity index (χ3v) is 3.11. The molecule has 0 saturated heterocycles. The van der Waals surface area contributed by atoms with E-state index in [1.165, 1.54) is 0 Å². The second-order valence-electron chi connectivity index (χ2n) is 3.59. The Hall–Kier alpha value is -1.48. The Morgan fingerprint density at radius 2 is 1.59 bits per heavy atom. The van der Waals surface area contributed by atoms with Gasteiger partial charge in [-0.25, -0.2) is 8.78 Å². The lowest BCUT2D eigenvalue weighted by Gasteiger charge is -2.09. The monoisotopic (exact) mass is 294 g/mol. The van der Waals surface area contributed by atoms with Gasteiger partial charge in [-0.1, -0.05) is 52.8 Å². The zero-order valence-corrected chi connectivity index (χ0v) is 10.5. The largest absolute Gasteiger partial charge is 0.204 e. The molecule has 0 spiro atoms. The predicted molar refractivity (Wildman–Crippen MR) is 68.6 cm³/mol. The topological polar surface area (TPSA) is 0 Å². The average Bonchev–Trinajstić information content (AvgIpc) is 2.34. The summed E-state index contributed by atoms with van der Waals surface area (Å²) in [5.41, 5.74) is 2.07. The molecule has 0 aromatic heterocycles. The fourth-order valence-corrected chi connectivity index (χ4v) is 2.10. The van der Waals surface area contributed by atoms with E-state index in [0.29, 0.717) is 15.6 Å². The summed E-state index contributed by atoms with van der Waals surface area (Å²) in [5, 5.41) is 0. The van der Waals surface area contributed by atoms with Crippen LogP contribution in [-0.2, 0) is 0 Å².